The zero-order valence-electron chi connectivity index (χ0n) is 9.60. The van der Waals surface area contributed by atoms with Crippen LogP contribution in [0.25, 0.3) is 10.9 Å². The van der Waals surface area contributed by atoms with E-state index in [2.05, 4.69) is 5.32 Å². The molecule has 86 valence electrons. The molecule has 1 aromatic carbocycles. The molecule has 0 radical (unpaired) electrons. The third-order valence-corrected chi connectivity index (χ3v) is 2.70. The number of rotatable bonds is 3. The Labute approximate surface area is 99.5 Å². The van der Waals surface area contributed by atoms with Crippen LogP contribution in [0, 0.1) is 11.3 Å². The largest absolute Gasteiger partial charge is 0.350 e. The molecule has 1 aromatic heterocycles. The van der Waals surface area contributed by atoms with Crippen molar-refractivity contribution in [2.45, 2.75) is 6.42 Å². The molecule has 2 rings (SSSR count). The summed E-state index contributed by atoms with van der Waals surface area (Å²) in [6.07, 6.45) is 2.26. The normalized spacial score (nSPS) is 10.1. The zero-order chi connectivity index (χ0) is 12.3. The predicted octanol–water partition coefficient (Wildman–Crippen LogP) is 1.36. The van der Waals surface area contributed by atoms with Crippen LogP contribution in [-0.4, -0.2) is 17.0 Å². The first-order valence-corrected chi connectivity index (χ1v) is 5.39. The molecule has 0 aliphatic rings. The molecule has 0 spiro atoms. The Morgan fingerprint density at radius 1 is 1.47 bits per heavy atom. The number of hydrogen-bond donors (Lipinski definition) is 1. The molecule has 0 bridgehead atoms. The predicted molar refractivity (Wildman–Crippen MR) is 65.2 cm³/mol. The number of aryl methyl sites for hydroxylation is 1. The van der Waals surface area contributed by atoms with Gasteiger partial charge in [-0.05, 0) is 11.6 Å². The molecule has 1 amide bonds. The van der Waals surface area contributed by atoms with Gasteiger partial charge in [-0.1, -0.05) is 18.2 Å². The number of nitrogens with one attached hydrogen (secondary N) is 1. The maximum Gasteiger partial charge on any atom is 0.225 e. The molecular weight excluding hydrogens is 214 g/mol. The molecule has 0 unspecified atom stereocenters. The number of hydrogen-bond acceptors (Lipinski definition) is 2. The second-order valence-corrected chi connectivity index (χ2v) is 3.89. The Kier molecular flexibility index (Phi) is 3.10. The zero-order valence-corrected chi connectivity index (χ0v) is 9.60. The van der Waals surface area contributed by atoms with Crippen molar-refractivity contribution in [3.8, 4) is 6.07 Å². The van der Waals surface area contributed by atoms with Gasteiger partial charge in [-0.2, -0.15) is 5.26 Å². The molecule has 1 heterocycles. The SMILES string of the molecule is Cn1cc(CC(=O)NCC#N)c2ccccc21. The van der Waals surface area contributed by atoms with E-state index in [9.17, 15) is 4.79 Å². The molecule has 2 aromatic rings. The molecule has 4 nitrogen and oxygen atoms in total. The highest BCUT2D eigenvalue weighted by atomic mass is 16.1. The Morgan fingerprint density at radius 3 is 3.00 bits per heavy atom. The highest BCUT2D eigenvalue weighted by molar-refractivity contribution is 5.89. The summed E-state index contributed by atoms with van der Waals surface area (Å²) < 4.78 is 2.00. The van der Waals surface area contributed by atoms with Gasteiger partial charge in [0, 0.05) is 24.1 Å². The minimum Gasteiger partial charge on any atom is -0.350 e. The van der Waals surface area contributed by atoms with E-state index in [0.717, 1.165) is 16.5 Å². The fourth-order valence-electron chi connectivity index (χ4n) is 1.94. The standard InChI is InChI=1S/C13H13N3O/c1-16-9-10(8-13(17)15-7-6-14)11-4-2-3-5-12(11)16/h2-5,9H,7-8H2,1H3,(H,15,17). The van der Waals surface area contributed by atoms with Gasteiger partial charge in [-0.15, -0.1) is 0 Å². The lowest BCUT2D eigenvalue weighted by molar-refractivity contribution is -0.120. The molecule has 0 atom stereocenters. The molecule has 17 heavy (non-hydrogen) atoms. The van der Waals surface area contributed by atoms with Crippen LogP contribution in [0.1, 0.15) is 5.56 Å². The minimum atomic E-state index is -0.122. The van der Waals surface area contributed by atoms with Crippen LogP contribution in [0.3, 0.4) is 0 Å². The lowest BCUT2D eigenvalue weighted by atomic mass is 10.1. The Hall–Kier alpha value is -2.28. The van der Waals surface area contributed by atoms with E-state index in [1.807, 2.05) is 48.1 Å². The summed E-state index contributed by atoms with van der Waals surface area (Å²) in [5.74, 6) is -0.122. The summed E-state index contributed by atoms with van der Waals surface area (Å²) in [6, 6.07) is 9.84. The number of nitriles is 1. The molecule has 0 fully saturated rings. The molecule has 4 heteroatoms. The van der Waals surface area contributed by atoms with Gasteiger partial charge in [-0.25, -0.2) is 0 Å². The number of carbonyl (C=O) groups excluding carboxylic acids is 1. The summed E-state index contributed by atoms with van der Waals surface area (Å²) in [7, 11) is 1.96. The molecule has 0 aliphatic carbocycles. The van der Waals surface area contributed by atoms with Crippen molar-refractivity contribution in [1.29, 1.82) is 5.26 Å². The van der Waals surface area contributed by atoms with E-state index < -0.39 is 0 Å². The third-order valence-electron chi connectivity index (χ3n) is 2.70. The molecule has 0 aliphatic heterocycles. The van der Waals surface area contributed by atoms with Crippen molar-refractivity contribution >= 4 is 16.8 Å². The summed E-state index contributed by atoms with van der Waals surface area (Å²) in [4.78, 5) is 11.6. The van der Waals surface area contributed by atoms with Gasteiger partial charge in [0.25, 0.3) is 0 Å². The van der Waals surface area contributed by atoms with Crippen LogP contribution in [0.4, 0.5) is 0 Å². The van der Waals surface area contributed by atoms with Gasteiger partial charge in [-0.3, -0.25) is 4.79 Å². The number of para-hydroxylation sites is 1. The summed E-state index contributed by atoms with van der Waals surface area (Å²) >= 11 is 0. The second-order valence-electron chi connectivity index (χ2n) is 3.89. The molecule has 0 saturated heterocycles. The van der Waals surface area contributed by atoms with Gasteiger partial charge < -0.3 is 9.88 Å². The Bertz CT molecular complexity index is 592. The van der Waals surface area contributed by atoms with Gasteiger partial charge in [0.05, 0.1) is 12.5 Å². The lowest BCUT2D eigenvalue weighted by Gasteiger charge is -1.99. The minimum absolute atomic E-state index is 0.0591. The number of benzene rings is 1. The smallest absolute Gasteiger partial charge is 0.225 e. The highest BCUT2D eigenvalue weighted by Gasteiger charge is 2.09. The highest BCUT2D eigenvalue weighted by Crippen LogP contribution is 2.20. The van der Waals surface area contributed by atoms with Gasteiger partial charge in [0.1, 0.15) is 6.54 Å². The Morgan fingerprint density at radius 2 is 2.24 bits per heavy atom. The van der Waals surface area contributed by atoms with E-state index in [1.165, 1.54) is 0 Å². The van der Waals surface area contributed by atoms with Crippen molar-refractivity contribution in [2.75, 3.05) is 6.54 Å². The summed E-state index contributed by atoms with van der Waals surface area (Å²) in [5.41, 5.74) is 2.09. The van der Waals surface area contributed by atoms with Crippen LogP contribution in [0.15, 0.2) is 30.5 Å². The monoisotopic (exact) mass is 227 g/mol. The number of amides is 1. The van der Waals surface area contributed by atoms with Crippen LogP contribution in [-0.2, 0) is 18.3 Å². The maximum atomic E-state index is 11.6. The van der Waals surface area contributed by atoms with E-state index in [4.69, 9.17) is 5.26 Å². The van der Waals surface area contributed by atoms with Gasteiger partial charge >= 0.3 is 0 Å². The van der Waals surface area contributed by atoms with Gasteiger partial charge in [0.2, 0.25) is 5.91 Å². The molecule has 0 saturated carbocycles. The average molecular weight is 227 g/mol. The van der Waals surface area contributed by atoms with E-state index >= 15 is 0 Å². The first-order valence-electron chi connectivity index (χ1n) is 5.39. The summed E-state index contributed by atoms with van der Waals surface area (Å²) in [5, 5.41) is 12.0. The second kappa shape index (κ2) is 4.71. The van der Waals surface area contributed by atoms with E-state index in [1.54, 1.807) is 0 Å². The van der Waals surface area contributed by atoms with Crippen LogP contribution >= 0.6 is 0 Å². The van der Waals surface area contributed by atoms with E-state index in [-0.39, 0.29) is 12.5 Å². The fraction of sp³-hybridized carbons (Fsp3) is 0.231. The van der Waals surface area contributed by atoms with E-state index in [0.29, 0.717) is 6.42 Å². The van der Waals surface area contributed by atoms with Gasteiger partial charge in [0.15, 0.2) is 0 Å². The molecular formula is C13H13N3O. The van der Waals surface area contributed by atoms with Crippen LogP contribution in [0.5, 0.6) is 0 Å². The quantitative estimate of drug-likeness (QED) is 0.805. The van der Waals surface area contributed by atoms with Crippen molar-refractivity contribution in [1.82, 2.24) is 9.88 Å². The van der Waals surface area contributed by atoms with Crippen LogP contribution in [0.2, 0.25) is 0 Å². The first kappa shape index (κ1) is 11.2. The fourth-order valence-corrected chi connectivity index (χ4v) is 1.94. The summed E-state index contributed by atoms with van der Waals surface area (Å²) in [6.45, 7) is 0.0591. The van der Waals surface area contributed by atoms with Crippen molar-refractivity contribution in [2.24, 2.45) is 7.05 Å². The Balaban J connectivity index is 2.25. The number of carbonyl (C=O) groups is 1. The third kappa shape index (κ3) is 2.28. The van der Waals surface area contributed by atoms with Crippen LogP contribution < -0.4 is 5.32 Å². The topological polar surface area (TPSA) is 57.8 Å². The average Bonchev–Trinajstić information content (AvgIpc) is 2.65. The molecule has 1 N–H and O–H groups in total. The number of nitrogens with zero attached hydrogens (tertiary/aromatic N) is 2. The first-order chi connectivity index (χ1) is 8.22. The van der Waals surface area contributed by atoms with Crippen molar-refractivity contribution in [3.05, 3.63) is 36.0 Å². The number of fused-ring (bicyclic) bond motifs is 1. The lowest BCUT2D eigenvalue weighted by Crippen LogP contribution is -2.25. The number of aromatic nitrogens is 1. The van der Waals surface area contributed by atoms with Crippen molar-refractivity contribution in [3.63, 3.8) is 0 Å². The van der Waals surface area contributed by atoms with Crippen molar-refractivity contribution < 1.29 is 4.79 Å². The maximum absolute atomic E-state index is 11.6.